The van der Waals surface area contributed by atoms with Crippen LogP contribution < -0.4 is 5.32 Å². The Hall–Kier alpha value is -1.60. The molecule has 0 aliphatic carbocycles. The monoisotopic (exact) mass is 268 g/mol. The van der Waals surface area contributed by atoms with Crippen LogP contribution in [-0.4, -0.2) is 11.4 Å². The summed E-state index contributed by atoms with van der Waals surface area (Å²) >= 11 is 5.83. The van der Waals surface area contributed by atoms with Crippen molar-refractivity contribution in [3.63, 3.8) is 0 Å². The molecule has 0 saturated heterocycles. The van der Waals surface area contributed by atoms with Crippen molar-refractivity contribution >= 4 is 17.5 Å². The third-order valence-electron chi connectivity index (χ3n) is 2.77. The Balaban J connectivity index is 2.81. The lowest BCUT2D eigenvalue weighted by molar-refractivity contribution is -0.121. The Bertz CT molecular complexity index is 478. The smallest absolute Gasteiger partial charge is 0.225 e. The number of nitriles is 1. The summed E-state index contributed by atoms with van der Waals surface area (Å²) in [4.78, 5) is 11.8. The zero-order chi connectivity index (χ0) is 13.8. The molecule has 0 unspecified atom stereocenters. The molecule has 0 aromatic heterocycles. The minimum atomic E-state index is -0.936. The van der Waals surface area contributed by atoms with E-state index in [9.17, 15) is 9.18 Å². The number of halogens is 2. The van der Waals surface area contributed by atoms with Crippen molar-refractivity contribution in [3.05, 3.63) is 34.6 Å². The molecule has 0 bridgehead atoms. The number of hydrogen-bond acceptors (Lipinski definition) is 2. The number of nitrogens with zero attached hydrogens (tertiary/aromatic N) is 1. The van der Waals surface area contributed by atoms with Crippen molar-refractivity contribution in [1.29, 1.82) is 5.26 Å². The summed E-state index contributed by atoms with van der Waals surface area (Å²) in [6, 6.07) is 6.26. The molecule has 0 heterocycles. The molecule has 1 aromatic rings. The van der Waals surface area contributed by atoms with Crippen molar-refractivity contribution in [2.45, 2.75) is 32.2 Å². The first-order chi connectivity index (χ1) is 8.41. The zero-order valence-electron chi connectivity index (χ0n) is 10.3. The van der Waals surface area contributed by atoms with E-state index in [0.29, 0.717) is 6.42 Å². The molecule has 0 aliphatic heterocycles. The van der Waals surface area contributed by atoms with Gasteiger partial charge in [-0.15, -0.1) is 0 Å². The third kappa shape index (κ3) is 3.44. The SMILES string of the molecule is CC[C@](C)(C#N)NC(=O)Cc1c(F)cccc1Cl. The first kappa shape index (κ1) is 14.5. The molecule has 0 fully saturated rings. The van der Waals surface area contributed by atoms with E-state index in [1.54, 1.807) is 13.8 Å². The van der Waals surface area contributed by atoms with Crippen LogP contribution in [0.5, 0.6) is 0 Å². The largest absolute Gasteiger partial charge is 0.338 e. The second-order valence-electron chi connectivity index (χ2n) is 4.22. The molecule has 0 spiro atoms. The molecule has 1 aromatic carbocycles. The Kier molecular flexibility index (Phi) is 4.69. The fraction of sp³-hybridized carbons (Fsp3) is 0.385. The van der Waals surface area contributed by atoms with Crippen LogP contribution in [0.2, 0.25) is 5.02 Å². The fourth-order valence-electron chi connectivity index (χ4n) is 1.41. The maximum Gasteiger partial charge on any atom is 0.225 e. The van der Waals surface area contributed by atoms with Gasteiger partial charge in [0.15, 0.2) is 0 Å². The van der Waals surface area contributed by atoms with Gasteiger partial charge in [0.25, 0.3) is 0 Å². The van der Waals surface area contributed by atoms with Crippen molar-refractivity contribution in [1.82, 2.24) is 5.32 Å². The first-order valence-corrected chi connectivity index (χ1v) is 5.95. The normalized spacial score (nSPS) is 13.5. The van der Waals surface area contributed by atoms with Gasteiger partial charge in [0.2, 0.25) is 5.91 Å². The second-order valence-corrected chi connectivity index (χ2v) is 4.63. The summed E-state index contributed by atoms with van der Waals surface area (Å²) in [6.45, 7) is 3.41. The molecular weight excluding hydrogens is 255 g/mol. The Labute approximate surface area is 111 Å². The lowest BCUT2D eigenvalue weighted by atomic mass is 10.0. The summed E-state index contributed by atoms with van der Waals surface area (Å²) in [5.74, 6) is -0.944. The fourth-order valence-corrected chi connectivity index (χ4v) is 1.64. The zero-order valence-corrected chi connectivity index (χ0v) is 11.0. The average Bonchev–Trinajstić information content (AvgIpc) is 2.34. The maximum absolute atomic E-state index is 13.5. The quantitative estimate of drug-likeness (QED) is 0.913. The van der Waals surface area contributed by atoms with Gasteiger partial charge in [-0.05, 0) is 25.5 Å². The van der Waals surface area contributed by atoms with Crippen molar-refractivity contribution in [2.75, 3.05) is 0 Å². The van der Waals surface area contributed by atoms with E-state index in [-0.39, 0.29) is 17.0 Å². The van der Waals surface area contributed by atoms with E-state index in [0.717, 1.165) is 0 Å². The number of nitrogens with one attached hydrogen (secondary N) is 1. The maximum atomic E-state index is 13.5. The van der Waals surface area contributed by atoms with E-state index in [1.165, 1.54) is 18.2 Å². The number of carbonyl (C=O) groups is 1. The topological polar surface area (TPSA) is 52.9 Å². The number of hydrogen-bond donors (Lipinski definition) is 1. The van der Waals surface area contributed by atoms with Gasteiger partial charge in [0.1, 0.15) is 11.4 Å². The van der Waals surface area contributed by atoms with Gasteiger partial charge in [-0.1, -0.05) is 24.6 Å². The second kappa shape index (κ2) is 5.83. The van der Waals surface area contributed by atoms with Crippen LogP contribution in [0, 0.1) is 17.1 Å². The highest BCUT2D eigenvalue weighted by Crippen LogP contribution is 2.19. The number of carbonyl (C=O) groups excluding carboxylic acids is 1. The van der Waals surface area contributed by atoms with E-state index >= 15 is 0 Å². The minimum Gasteiger partial charge on any atom is -0.338 e. The van der Waals surface area contributed by atoms with E-state index in [1.807, 2.05) is 6.07 Å². The van der Waals surface area contributed by atoms with Crippen molar-refractivity contribution in [2.24, 2.45) is 0 Å². The summed E-state index contributed by atoms with van der Waals surface area (Å²) < 4.78 is 13.5. The molecule has 1 atom stereocenters. The summed E-state index contributed by atoms with van der Waals surface area (Å²) in [7, 11) is 0. The molecule has 1 amide bonds. The van der Waals surface area contributed by atoms with Crippen molar-refractivity contribution < 1.29 is 9.18 Å². The van der Waals surface area contributed by atoms with Gasteiger partial charge < -0.3 is 5.32 Å². The van der Waals surface area contributed by atoms with E-state index in [2.05, 4.69) is 5.32 Å². The molecule has 1 rings (SSSR count). The van der Waals surface area contributed by atoms with Crippen LogP contribution in [-0.2, 0) is 11.2 Å². The van der Waals surface area contributed by atoms with Crippen LogP contribution in [0.1, 0.15) is 25.8 Å². The average molecular weight is 269 g/mol. The lowest BCUT2D eigenvalue weighted by Gasteiger charge is -2.21. The molecule has 1 N–H and O–H groups in total. The number of amides is 1. The van der Waals surface area contributed by atoms with Gasteiger partial charge in [0.05, 0.1) is 12.5 Å². The van der Waals surface area contributed by atoms with E-state index in [4.69, 9.17) is 16.9 Å². The van der Waals surface area contributed by atoms with Gasteiger partial charge in [-0.25, -0.2) is 4.39 Å². The van der Waals surface area contributed by atoms with Crippen LogP contribution in [0.25, 0.3) is 0 Å². The van der Waals surface area contributed by atoms with Crippen LogP contribution in [0.15, 0.2) is 18.2 Å². The van der Waals surface area contributed by atoms with Crippen LogP contribution >= 0.6 is 11.6 Å². The van der Waals surface area contributed by atoms with Gasteiger partial charge >= 0.3 is 0 Å². The summed E-state index contributed by atoms with van der Waals surface area (Å²) in [5, 5.41) is 11.7. The standard InChI is InChI=1S/C13H14ClFN2O/c1-3-13(2,8-16)17-12(18)7-9-10(14)5-4-6-11(9)15/h4-6H,3,7H2,1-2H3,(H,17,18)/t13-/m1/s1. The highest BCUT2D eigenvalue weighted by atomic mass is 35.5. The summed E-state index contributed by atoms with van der Waals surface area (Å²) in [6.07, 6.45) is 0.295. The molecule has 0 saturated carbocycles. The van der Waals surface area contributed by atoms with Crippen LogP contribution in [0.4, 0.5) is 4.39 Å². The molecule has 18 heavy (non-hydrogen) atoms. The molecular formula is C13H14ClFN2O. The number of benzene rings is 1. The van der Waals surface area contributed by atoms with Crippen molar-refractivity contribution in [3.8, 4) is 6.07 Å². The van der Waals surface area contributed by atoms with Gasteiger partial charge in [0, 0.05) is 10.6 Å². The highest BCUT2D eigenvalue weighted by molar-refractivity contribution is 6.31. The van der Waals surface area contributed by atoms with Crippen LogP contribution in [0.3, 0.4) is 0 Å². The predicted octanol–water partition coefficient (Wildman–Crippen LogP) is 2.83. The Morgan fingerprint density at radius 1 is 1.61 bits per heavy atom. The molecule has 5 heteroatoms. The Morgan fingerprint density at radius 3 is 2.78 bits per heavy atom. The predicted molar refractivity (Wildman–Crippen MR) is 67.6 cm³/mol. The minimum absolute atomic E-state index is 0.146. The molecule has 0 radical (unpaired) electrons. The van der Waals surface area contributed by atoms with Gasteiger partial charge in [-0.3, -0.25) is 4.79 Å². The third-order valence-corrected chi connectivity index (χ3v) is 3.12. The lowest BCUT2D eigenvalue weighted by Crippen LogP contribution is -2.45. The van der Waals surface area contributed by atoms with E-state index < -0.39 is 17.3 Å². The molecule has 0 aliphatic rings. The molecule has 3 nitrogen and oxygen atoms in total. The first-order valence-electron chi connectivity index (χ1n) is 5.57. The Morgan fingerprint density at radius 2 is 2.28 bits per heavy atom. The number of rotatable bonds is 4. The molecule has 96 valence electrons. The highest BCUT2D eigenvalue weighted by Gasteiger charge is 2.24. The van der Waals surface area contributed by atoms with Gasteiger partial charge in [-0.2, -0.15) is 5.26 Å². The summed E-state index contributed by atoms with van der Waals surface area (Å²) in [5.41, 5.74) is -0.789.